The van der Waals surface area contributed by atoms with Crippen molar-refractivity contribution >= 4 is 29.3 Å². The number of anilines is 1. The Kier molecular flexibility index (Phi) is 5.91. The van der Waals surface area contributed by atoms with E-state index in [1.165, 1.54) is 5.56 Å². The molecule has 0 bridgehead atoms. The van der Waals surface area contributed by atoms with Crippen molar-refractivity contribution in [3.63, 3.8) is 0 Å². The van der Waals surface area contributed by atoms with E-state index in [2.05, 4.69) is 12.1 Å². The largest absolute Gasteiger partial charge is 0.506 e. The number of aromatic hydroxyl groups is 1. The van der Waals surface area contributed by atoms with Gasteiger partial charge in [0, 0.05) is 6.54 Å². The van der Waals surface area contributed by atoms with Crippen LogP contribution < -0.4 is 9.64 Å². The normalized spacial score (nSPS) is 17.0. The summed E-state index contributed by atoms with van der Waals surface area (Å²) in [5.74, 6) is 1.06. The van der Waals surface area contributed by atoms with Crippen LogP contribution in [0.1, 0.15) is 35.5 Å². The lowest BCUT2D eigenvalue weighted by atomic mass is 10.1. The Bertz CT molecular complexity index is 1260. The molecule has 34 heavy (non-hydrogen) atoms. The topological polar surface area (TPSA) is 83.2 Å². The first-order valence-electron chi connectivity index (χ1n) is 11.4. The SMILES string of the molecule is CCOc1nc2c(n1Cc1ccc(O)c(Cl)c1)C(=O)N(CC)C1=N[C@H](Cc3ccccc3)CN12. The first-order chi connectivity index (χ1) is 16.5. The fourth-order valence-electron chi connectivity index (χ4n) is 4.50. The lowest BCUT2D eigenvalue weighted by Gasteiger charge is -2.32. The minimum Gasteiger partial charge on any atom is -0.506 e. The van der Waals surface area contributed by atoms with Gasteiger partial charge < -0.3 is 9.84 Å². The number of halogens is 1. The van der Waals surface area contributed by atoms with Crippen molar-refractivity contribution in [2.45, 2.75) is 32.9 Å². The van der Waals surface area contributed by atoms with Crippen molar-refractivity contribution in [3.8, 4) is 11.8 Å². The molecule has 2 aliphatic heterocycles. The molecule has 0 aliphatic carbocycles. The summed E-state index contributed by atoms with van der Waals surface area (Å²) < 4.78 is 7.62. The van der Waals surface area contributed by atoms with Crippen molar-refractivity contribution in [1.29, 1.82) is 0 Å². The molecule has 0 fully saturated rings. The van der Waals surface area contributed by atoms with Gasteiger partial charge in [-0.05, 0) is 43.5 Å². The van der Waals surface area contributed by atoms with Crippen molar-refractivity contribution < 1.29 is 14.6 Å². The third-order valence-corrected chi connectivity index (χ3v) is 6.35. The molecule has 2 aromatic carbocycles. The van der Waals surface area contributed by atoms with Crippen LogP contribution in [0.4, 0.5) is 5.82 Å². The van der Waals surface area contributed by atoms with E-state index in [1.807, 2.05) is 36.9 Å². The number of carbonyl (C=O) groups excluding carboxylic acids is 1. The maximum absolute atomic E-state index is 13.6. The number of rotatable bonds is 7. The summed E-state index contributed by atoms with van der Waals surface area (Å²) in [4.78, 5) is 27.0. The molecule has 1 amide bonds. The number of phenols is 1. The number of nitrogens with zero attached hydrogens (tertiary/aromatic N) is 5. The van der Waals surface area contributed by atoms with Crippen molar-refractivity contribution in [2.75, 3.05) is 24.6 Å². The Morgan fingerprint density at radius 2 is 1.94 bits per heavy atom. The number of hydrogen-bond acceptors (Lipinski definition) is 6. The van der Waals surface area contributed by atoms with E-state index < -0.39 is 0 Å². The van der Waals surface area contributed by atoms with Crippen LogP contribution >= 0.6 is 11.6 Å². The molecule has 176 valence electrons. The van der Waals surface area contributed by atoms with Crippen LogP contribution in [-0.2, 0) is 13.0 Å². The molecule has 1 aromatic heterocycles. The standard InChI is InChI=1S/C25H26ClN5O3/c1-3-29-23(33)21-22(31-15-18(27-24(29)31)12-16-8-6-5-7-9-16)28-25(34-4-2)30(21)14-17-10-11-20(32)19(26)13-17/h5-11,13,18,32H,3-4,12,14-15H2,1-2H3/t18-/m1/s1. The minimum atomic E-state index is -0.156. The first kappa shape index (κ1) is 22.3. The summed E-state index contributed by atoms with van der Waals surface area (Å²) in [5, 5.41) is 10.0. The third kappa shape index (κ3) is 3.88. The van der Waals surface area contributed by atoms with Gasteiger partial charge in [-0.2, -0.15) is 4.98 Å². The molecular formula is C25H26ClN5O3. The average molecular weight is 480 g/mol. The lowest BCUT2D eigenvalue weighted by Crippen LogP contribution is -2.50. The van der Waals surface area contributed by atoms with Crippen molar-refractivity contribution in [2.24, 2.45) is 4.99 Å². The summed E-state index contributed by atoms with van der Waals surface area (Å²) in [7, 11) is 0. The van der Waals surface area contributed by atoms with E-state index in [0.717, 1.165) is 12.0 Å². The quantitative estimate of drug-likeness (QED) is 0.554. The van der Waals surface area contributed by atoms with E-state index in [0.29, 0.717) is 49.7 Å². The van der Waals surface area contributed by atoms with Gasteiger partial charge in [0.2, 0.25) is 5.96 Å². The number of hydrogen-bond donors (Lipinski definition) is 1. The van der Waals surface area contributed by atoms with Gasteiger partial charge in [0.15, 0.2) is 11.5 Å². The highest BCUT2D eigenvalue weighted by molar-refractivity contribution is 6.32. The average Bonchev–Trinajstić information content (AvgIpc) is 3.39. The maximum Gasteiger partial charge on any atom is 0.299 e. The van der Waals surface area contributed by atoms with E-state index >= 15 is 0 Å². The highest BCUT2D eigenvalue weighted by Gasteiger charge is 2.43. The highest BCUT2D eigenvalue weighted by Crippen LogP contribution is 2.36. The van der Waals surface area contributed by atoms with E-state index in [1.54, 1.807) is 27.7 Å². The van der Waals surface area contributed by atoms with Gasteiger partial charge in [0.1, 0.15) is 5.75 Å². The van der Waals surface area contributed by atoms with Crippen LogP contribution in [0.3, 0.4) is 0 Å². The fraction of sp³-hybridized carbons (Fsp3) is 0.320. The van der Waals surface area contributed by atoms with Gasteiger partial charge >= 0.3 is 0 Å². The zero-order valence-electron chi connectivity index (χ0n) is 19.1. The predicted octanol–water partition coefficient (Wildman–Crippen LogP) is 3.95. The molecule has 3 heterocycles. The molecule has 1 atom stereocenters. The van der Waals surface area contributed by atoms with E-state index in [9.17, 15) is 9.90 Å². The van der Waals surface area contributed by atoms with Gasteiger partial charge in [-0.25, -0.2) is 4.99 Å². The van der Waals surface area contributed by atoms with Gasteiger partial charge in [-0.1, -0.05) is 48.0 Å². The molecule has 3 aromatic rings. The van der Waals surface area contributed by atoms with Crippen LogP contribution in [0, 0.1) is 0 Å². The van der Waals surface area contributed by atoms with Crippen LogP contribution in [0.2, 0.25) is 5.02 Å². The van der Waals surface area contributed by atoms with Crippen LogP contribution in [0.15, 0.2) is 53.5 Å². The minimum absolute atomic E-state index is 0.0127. The third-order valence-electron chi connectivity index (χ3n) is 6.05. The smallest absolute Gasteiger partial charge is 0.299 e. The summed E-state index contributed by atoms with van der Waals surface area (Å²) in [6.07, 6.45) is 0.785. The summed E-state index contributed by atoms with van der Waals surface area (Å²) in [6, 6.07) is 15.6. The second-order valence-electron chi connectivity index (χ2n) is 8.30. The van der Waals surface area contributed by atoms with Crippen LogP contribution in [0.25, 0.3) is 0 Å². The monoisotopic (exact) mass is 479 g/mol. The number of imidazole rings is 1. The fourth-order valence-corrected chi connectivity index (χ4v) is 4.70. The number of phenolic OH excluding ortho intramolecular Hbond substituents is 1. The number of aromatic nitrogens is 2. The molecule has 8 nitrogen and oxygen atoms in total. The Labute approximate surface area is 203 Å². The number of fused-ring (bicyclic) bond motifs is 3. The number of carbonyl (C=O) groups is 1. The Balaban J connectivity index is 1.54. The maximum atomic E-state index is 13.6. The zero-order chi connectivity index (χ0) is 23.8. The molecular weight excluding hydrogens is 454 g/mol. The summed E-state index contributed by atoms with van der Waals surface area (Å²) in [6.45, 7) is 5.69. The molecule has 0 unspecified atom stereocenters. The lowest BCUT2D eigenvalue weighted by molar-refractivity contribution is 0.0835. The summed E-state index contributed by atoms with van der Waals surface area (Å²) in [5.41, 5.74) is 2.49. The van der Waals surface area contributed by atoms with Crippen molar-refractivity contribution in [1.82, 2.24) is 14.5 Å². The molecule has 5 rings (SSSR count). The Hall–Kier alpha value is -3.52. The number of benzene rings is 2. The van der Waals surface area contributed by atoms with Crippen LogP contribution in [0.5, 0.6) is 11.8 Å². The van der Waals surface area contributed by atoms with Gasteiger partial charge in [-0.3, -0.25) is 19.2 Å². The van der Waals surface area contributed by atoms with Gasteiger partial charge in [0.25, 0.3) is 11.9 Å². The predicted molar refractivity (Wildman–Crippen MR) is 131 cm³/mol. The Morgan fingerprint density at radius 1 is 1.15 bits per heavy atom. The van der Waals surface area contributed by atoms with E-state index in [4.69, 9.17) is 26.3 Å². The molecule has 0 spiro atoms. The number of guanidine groups is 1. The highest BCUT2D eigenvalue weighted by atomic mass is 35.5. The second-order valence-corrected chi connectivity index (χ2v) is 8.71. The molecule has 9 heteroatoms. The van der Waals surface area contributed by atoms with Crippen LogP contribution in [-0.4, -0.2) is 57.2 Å². The molecule has 0 saturated heterocycles. The molecule has 0 saturated carbocycles. The number of amides is 1. The van der Waals surface area contributed by atoms with E-state index in [-0.39, 0.29) is 22.7 Å². The molecule has 1 N–H and O–H groups in total. The number of aliphatic imine (C=N–C) groups is 1. The summed E-state index contributed by atoms with van der Waals surface area (Å²) >= 11 is 6.12. The number of ether oxygens (including phenoxy) is 1. The second kappa shape index (κ2) is 9.02. The van der Waals surface area contributed by atoms with Gasteiger partial charge in [-0.15, -0.1) is 0 Å². The molecule has 2 aliphatic rings. The van der Waals surface area contributed by atoms with Gasteiger partial charge in [0.05, 0.1) is 30.8 Å². The molecule has 0 radical (unpaired) electrons. The Morgan fingerprint density at radius 3 is 2.65 bits per heavy atom. The zero-order valence-corrected chi connectivity index (χ0v) is 19.9. The first-order valence-corrected chi connectivity index (χ1v) is 11.8. The van der Waals surface area contributed by atoms with Crippen molar-refractivity contribution in [3.05, 3.63) is 70.4 Å².